The Bertz CT molecular complexity index is 542. The lowest BCUT2D eigenvalue weighted by Crippen LogP contribution is -2.19. The van der Waals surface area contributed by atoms with Crippen LogP contribution < -0.4 is 5.73 Å². The highest BCUT2D eigenvalue weighted by molar-refractivity contribution is 7.91. The van der Waals surface area contributed by atoms with Crippen LogP contribution in [0.15, 0.2) is 18.2 Å². The van der Waals surface area contributed by atoms with Crippen LogP contribution >= 0.6 is 0 Å². The zero-order valence-electron chi connectivity index (χ0n) is 9.85. The predicted molar refractivity (Wildman–Crippen MR) is 63.8 cm³/mol. The van der Waals surface area contributed by atoms with E-state index in [1.165, 1.54) is 12.1 Å². The molecule has 0 amide bonds. The molecule has 0 unspecified atom stereocenters. The van der Waals surface area contributed by atoms with Crippen molar-refractivity contribution in [1.82, 2.24) is 0 Å². The lowest BCUT2D eigenvalue weighted by molar-refractivity contribution is -0.137. The van der Waals surface area contributed by atoms with Crippen molar-refractivity contribution in [3.8, 4) is 0 Å². The van der Waals surface area contributed by atoms with E-state index >= 15 is 0 Å². The number of carbonyl (C=O) groups is 1. The number of sulfone groups is 1. The molecule has 0 bridgehead atoms. The van der Waals surface area contributed by atoms with Gasteiger partial charge in [-0.25, -0.2) is 12.8 Å². The van der Waals surface area contributed by atoms with Gasteiger partial charge in [0.2, 0.25) is 0 Å². The molecule has 0 aliphatic rings. The topological polar surface area (TPSA) is 86.5 Å². The molecule has 7 heteroatoms. The third kappa shape index (κ3) is 4.08. The van der Waals surface area contributed by atoms with Gasteiger partial charge in [-0.05, 0) is 23.3 Å². The number of carbonyl (C=O) groups excluding carboxylic acids is 1. The molecule has 0 saturated heterocycles. The molecule has 0 fully saturated rings. The molecule has 1 rings (SSSR count). The zero-order valence-corrected chi connectivity index (χ0v) is 10.7. The molecule has 100 valence electrons. The summed E-state index contributed by atoms with van der Waals surface area (Å²) in [6.45, 7) is 0.101. The number of ether oxygens (including phenoxy) is 1. The zero-order chi connectivity index (χ0) is 13.8. The number of rotatable bonds is 5. The predicted octanol–water partition coefficient (Wildman–Crippen LogP) is 0.372. The molecule has 2 N–H and O–H groups in total. The highest BCUT2D eigenvalue weighted by Crippen LogP contribution is 2.15. The summed E-state index contributed by atoms with van der Waals surface area (Å²) in [7, 11) is -2.59. The van der Waals surface area contributed by atoms with Crippen LogP contribution in [0.5, 0.6) is 0 Å². The summed E-state index contributed by atoms with van der Waals surface area (Å²) < 4.78 is 40.7. The van der Waals surface area contributed by atoms with E-state index in [9.17, 15) is 17.6 Å². The van der Waals surface area contributed by atoms with Gasteiger partial charge >= 0.3 is 5.97 Å². The second-order valence-corrected chi connectivity index (χ2v) is 5.79. The van der Waals surface area contributed by atoms with Gasteiger partial charge in [-0.15, -0.1) is 0 Å². The average molecular weight is 275 g/mol. The van der Waals surface area contributed by atoms with Gasteiger partial charge in [-0.1, -0.05) is 6.07 Å². The van der Waals surface area contributed by atoms with E-state index in [2.05, 4.69) is 4.74 Å². The molecule has 18 heavy (non-hydrogen) atoms. The summed E-state index contributed by atoms with van der Waals surface area (Å²) in [6, 6.07) is 3.74. The minimum absolute atomic E-state index is 0.101. The fraction of sp³-hybridized carbons (Fsp3) is 0.364. The largest absolute Gasteiger partial charge is 0.468 e. The van der Waals surface area contributed by atoms with Crippen LogP contribution in [-0.2, 0) is 31.7 Å². The lowest BCUT2D eigenvalue weighted by atomic mass is 10.1. The van der Waals surface area contributed by atoms with Gasteiger partial charge in [0.1, 0.15) is 11.6 Å². The third-order valence-electron chi connectivity index (χ3n) is 2.33. The first-order valence-corrected chi connectivity index (χ1v) is 6.94. The minimum atomic E-state index is -3.69. The molecule has 0 aliphatic heterocycles. The molecule has 1 aromatic carbocycles. The van der Waals surface area contributed by atoms with E-state index in [1.54, 1.807) is 0 Å². The van der Waals surface area contributed by atoms with E-state index in [-0.39, 0.29) is 12.1 Å². The van der Waals surface area contributed by atoms with Crippen LogP contribution in [0.1, 0.15) is 11.1 Å². The first kappa shape index (κ1) is 14.6. The maximum atomic E-state index is 13.1. The summed E-state index contributed by atoms with van der Waals surface area (Å²) in [4.78, 5) is 10.9. The Kier molecular flexibility index (Phi) is 4.80. The van der Waals surface area contributed by atoms with Crippen molar-refractivity contribution in [2.45, 2.75) is 12.3 Å². The normalized spacial score (nSPS) is 11.3. The smallest absolute Gasteiger partial charge is 0.320 e. The molecule has 0 saturated carbocycles. The van der Waals surface area contributed by atoms with E-state index < -0.39 is 33.1 Å². The van der Waals surface area contributed by atoms with Crippen molar-refractivity contribution in [3.63, 3.8) is 0 Å². The van der Waals surface area contributed by atoms with E-state index in [0.717, 1.165) is 13.2 Å². The summed E-state index contributed by atoms with van der Waals surface area (Å²) in [5.74, 6) is -2.56. The number of hydrogen-bond acceptors (Lipinski definition) is 5. The number of nitrogens with two attached hydrogens (primary N) is 1. The Morgan fingerprint density at radius 1 is 1.39 bits per heavy atom. The molecular formula is C11H14FNO4S. The molecule has 0 radical (unpaired) electrons. The van der Waals surface area contributed by atoms with E-state index in [4.69, 9.17) is 5.73 Å². The number of methoxy groups -OCH3 is 1. The van der Waals surface area contributed by atoms with Crippen LogP contribution in [0.25, 0.3) is 0 Å². The van der Waals surface area contributed by atoms with E-state index in [1.807, 2.05) is 0 Å². The van der Waals surface area contributed by atoms with Crippen molar-refractivity contribution in [2.24, 2.45) is 5.73 Å². The van der Waals surface area contributed by atoms with E-state index in [0.29, 0.717) is 5.56 Å². The van der Waals surface area contributed by atoms with Gasteiger partial charge < -0.3 is 10.5 Å². The monoisotopic (exact) mass is 275 g/mol. The molecule has 0 aliphatic carbocycles. The molecule has 0 spiro atoms. The SMILES string of the molecule is COC(=O)CS(=O)(=O)Cc1cc(F)ccc1CN. The Morgan fingerprint density at radius 3 is 2.61 bits per heavy atom. The summed E-state index contributed by atoms with van der Waals surface area (Å²) in [5, 5.41) is 0. The van der Waals surface area contributed by atoms with Crippen LogP contribution in [0, 0.1) is 5.82 Å². The van der Waals surface area contributed by atoms with Crippen LogP contribution in [-0.4, -0.2) is 27.2 Å². The minimum Gasteiger partial charge on any atom is -0.468 e. The second-order valence-electron chi connectivity index (χ2n) is 3.73. The highest BCUT2D eigenvalue weighted by atomic mass is 32.2. The van der Waals surface area contributed by atoms with Crippen molar-refractivity contribution < 1.29 is 22.3 Å². The quantitative estimate of drug-likeness (QED) is 0.785. The summed E-state index contributed by atoms with van der Waals surface area (Å²) >= 11 is 0. The first-order valence-electron chi connectivity index (χ1n) is 5.12. The van der Waals surface area contributed by atoms with Gasteiger partial charge in [0.05, 0.1) is 12.9 Å². The number of halogens is 1. The van der Waals surface area contributed by atoms with Crippen molar-refractivity contribution in [3.05, 3.63) is 35.1 Å². The average Bonchev–Trinajstić information content (AvgIpc) is 2.28. The lowest BCUT2D eigenvalue weighted by Gasteiger charge is -2.08. The Morgan fingerprint density at radius 2 is 2.06 bits per heavy atom. The Hall–Kier alpha value is -1.47. The molecule has 5 nitrogen and oxygen atoms in total. The standard InChI is InChI=1S/C11H14FNO4S/c1-17-11(14)7-18(15,16)6-9-4-10(12)3-2-8(9)5-13/h2-4H,5-7,13H2,1H3. The summed E-state index contributed by atoms with van der Waals surface area (Å²) in [6.07, 6.45) is 0. The molecule has 1 aromatic rings. The van der Waals surface area contributed by atoms with Gasteiger partial charge in [-0.3, -0.25) is 4.79 Å². The molecule has 0 atom stereocenters. The second kappa shape index (κ2) is 5.92. The van der Waals surface area contributed by atoms with Gasteiger partial charge in [0.25, 0.3) is 0 Å². The number of esters is 1. The van der Waals surface area contributed by atoms with Crippen LogP contribution in [0.2, 0.25) is 0 Å². The summed E-state index contributed by atoms with van der Waals surface area (Å²) in [5.41, 5.74) is 6.24. The maximum Gasteiger partial charge on any atom is 0.320 e. The van der Waals surface area contributed by atoms with Crippen molar-refractivity contribution in [2.75, 3.05) is 12.9 Å². The van der Waals surface area contributed by atoms with Crippen LogP contribution in [0.3, 0.4) is 0 Å². The van der Waals surface area contributed by atoms with Gasteiger partial charge in [-0.2, -0.15) is 0 Å². The van der Waals surface area contributed by atoms with Crippen molar-refractivity contribution in [1.29, 1.82) is 0 Å². The fourth-order valence-corrected chi connectivity index (χ4v) is 2.78. The van der Waals surface area contributed by atoms with Crippen LogP contribution in [0.4, 0.5) is 4.39 Å². The maximum absolute atomic E-state index is 13.1. The Balaban J connectivity index is 2.96. The molecule has 0 heterocycles. The fourth-order valence-electron chi connectivity index (χ4n) is 1.45. The molecule has 0 aromatic heterocycles. The van der Waals surface area contributed by atoms with Crippen molar-refractivity contribution >= 4 is 15.8 Å². The number of benzene rings is 1. The molecular weight excluding hydrogens is 261 g/mol. The van der Waals surface area contributed by atoms with Gasteiger partial charge in [0, 0.05) is 6.54 Å². The highest BCUT2D eigenvalue weighted by Gasteiger charge is 2.19. The van der Waals surface area contributed by atoms with Gasteiger partial charge in [0.15, 0.2) is 9.84 Å². The third-order valence-corrected chi connectivity index (χ3v) is 3.76. The first-order chi connectivity index (χ1) is 8.38. The Labute approximate surface area is 105 Å². The number of hydrogen-bond donors (Lipinski definition) is 1.